The minimum atomic E-state index is -0.360. The Bertz CT molecular complexity index is 473. The van der Waals surface area contributed by atoms with Gasteiger partial charge in [-0.15, -0.1) is 0 Å². The second-order valence-electron chi connectivity index (χ2n) is 4.59. The fourth-order valence-electron chi connectivity index (χ4n) is 2.51. The van der Waals surface area contributed by atoms with E-state index in [0.29, 0.717) is 17.8 Å². The molecular formula is C13H16N2O3. The smallest absolute Gasteiger partial charge is 0.295 e. The van der Waals surface area contributed by atoms with Gasteiger partial charge in [0.05, 0.1) is 11.0 Å². The van der Waals surface area contributed by atoms with Crippen LogP contribution in [-0.4, -0.2) is 23.8 Å². The van der Waals surface area contributed by atoms with E-state index >= 15 is 0 Å². The van der Waals surface area contributed by atoms with Gasteiger partial charge in [-0.2, -0.15) is 0 Å². The molecule has 1 aromatic rings. The number of carbonyl (C=O) groups excluding carboxylic acids is 1. The van der Waals surface area contributed by atoms with E-state index in [1.54, 1.807) is 25.1 Å². The summed E-state index contributed by atoms with van der Waals surface area (Å²) in [5.41, 5.74) is 1.32. The number of nitrogens with zero attached hydrogens (tertiary/aromatic N) is 2. The van der Waals surface area contributed by atoms with Crippen molar-refractivity contribution in [1.82, 2.24) is 0 Å². The summed E-state index contributed by atoms with van der Waals surface area (Å²) in [7, 11) is 0. The van der Waals surface area contributed by atoms with Crippen molar-refractivity contribution in [2.75, 3.05) is 11.4 Å². The number of aryl methyl sites for hydroxylation is 1. The lowest BCUT2D eigenvalue weighted by atomic mass is 10.0. The van der Waals surface area contributed by atoms with E-state index in [1.165, 1.54) is 0 Å². The number of nitro groups is 1. The van der Waals surface area contributed by atoms with E-state index in [9.17, 15) is 14.9 Å². The fourth-order valence-corrected chi connectivity index (χ4v) is 2.51. The lowest BCUT2D eigenvalue weighted by Gasteiger charge is -2.34. The third kappa shape index (κ3) is 2.20. The van der Waals surface area contributed by atoms with E-state index < -0.39 is 0 Å². The Balaban J connectivity index is 2.46. The largest absolute Gasteiger partial charge is 0.356 e. The minimum Gasteiger partial charge on any atom is -0.356 e. The normalized spacial score (nSPS) is 19.6. The maximum Gasteiger partial charge on any atom is 0.295 e. The van der Waals surface area contributed by atoms with Gasteiger partial charge in [0, 0.05) is 12.1 Å². The zero-order valence-electron chi connectivity index (χ0n) is 10.3. The minimum absolute atomic E-state index is 0.117. The Kier molecular flexibility index (Phi) is 3.60. The maximum absolute atomic E-state index is 11.2. The molecule has 1 fully saturated rings. The number of benzene rings is 1. The van der Waals surface area contributed by atoms with E-state index in [1.807, 2.05) is 4.90 Å². The van der Waals surface area contributed by atoms with Crippen molar-refractivity contribution in [3.63, 3.8) is 0 Å². The van der Waals surface area contributed by atoms with E-state index in [0.717, 1.165) is 25.5 Å². The van der Waals surface area contributed by atoms with Gasteiger partial charge in [0.1, 0.15) is 12.0 Å². The van der Waals surface area contributed by atoms with Crippen molar-refractivity contribution in [2.45, 2.75) is 32.2 Å². The summed E-state index contributed by atoms with van der Waals surface area (Å²) in [4.78, 5) is 23.8. The Morgan fingerprint density at radius 3 is 2.89 bits per heavy atom. The third-order valence-corrected chi connectivity index (χ3v) is 3.41. The van der Waals surface area contributed by atoms with E-state index in [4.69, 9.17) is 0 Å². The van der Waals surface area contributed by atoms with Gasteiger partial charge in [0.2, 0.25) is 0 Å². The summed E-state index contributed by atoms with van der Waals surface area (Å²) in [6.07, 6.45) is 3.63. The first-order chi connectivity index (χ1) is 8.65. The lowest BCUT2D eigenvalue weighted by Crippen LogP contribution is -2.41. The monoisotopic (exact) mass is 248 g/mol. The van der Waals surface area contributed by atoms with Crippen LogP contribution in [0.4, 0.5) is 11.4 Å². The molecule has 0 aliphatic carbocycles. The molecule has 1 unspecified atom stereocenters. The zero-order chi connectivity index (χ0) is 13.1. The summed E-state index contributed by atoms with van der Waals surface area (Å²) in [5, 5.41) is 11.2. The zero-order valence-corrected chi connectivity index (χ0v) is 10.3. The average Bonchev–Trinajstić information content (AvgIpc) is 2.38. The molecule has 0 spiro atoms. The maximum atomic E-state index is 11.2. The highest BCUT2D eigenvalue weighted by molar-refractivity contribution is 5.73. The molecule has 1 saturated heterocycles. The Labute approximate surface area is 106 Å². The predicted octanol–water partition coefficient (Wildman–Crippen LogP) is 2.46. The summed E-state index contributed by atoms with van der Waals surface area (Å²) >= 11 is 0. The molecule has 0 radical (unpaired) electrons. The van der Waals surface area contributed by atoms with Crippen LogP contribution in [0.25, 0.3) is 0 Å². The third-order valence-electron chi connectivity index (χ3n) is 3.41. The van der Waals surface area contributed by atoms with Crippen LogP contribution < -0.4 is 4.90 Å². The highest BCUT2D eigenvalue weighted by Crippen LogP contribution is 2.34. The summed E-state index contributed by atoms with van der Waals surface area (Å²) < 4.78 is 0. The van der Waals surface area contributed by atoms with Crippen LogP contribution in [0.1, 0.15) is 24.8 Å². The summed E-state index contributed by atoms with van der Waals surface area (Å²) in [5.74, 6) is 0. The van der Waals surface area contributed by atoms with Gasteiger partial charge in [0.15, 0.2) is 0 Å². The van der Waals surface area contributed by atoms with Crippen molar-refractivity contribution in [3.8, 4) is 0 Å². The number of rotatable bonds is 3. The van der Waals surface area contributed by atoms with Gasteiger partial charge in [-0.05, 0) is 32.3 Å². The number of nitro benzene ring substituents is 1. The molecular weight excluding hydrogens is 232 g/mol. The van der Waals surface area contributed by atoms with Gasteiger partial charge >= 0.3 is 0 Å². The van der Waals surface area contributed by atoms with Crippen LogP contribution in [0.3, 0.4) is 0 Å². The van der Waals surface area contributed by atoms with Crippen LogP contribution in [-0.2, 0) is 4.79 Å². The van der Waals surface area contributed by atoms with Crippen molar-refractivity contribution < 1.29 is 9.72 Å². The molecule has 0 bridgehead atoms. The summed E-state index contributed by atoms with van der Waals surface area (Å²) in [6, 6.07) is 5.02. The molecule has 1 atom stereocenters. The molecule has 1 heterocycles. The van der Waals surface area contributed by atoms with Gasteiger partial charge in [0.25, 0.3) is 5.69 Å². The van der Waals surface area contributed by atoms with Gasteiger partial charge in [-0.25, -0.2) is 0 Å². The molecule has 1 aromatic carbocycles. The number of carbonyl (C=O) groups is 1. The molecule has 1 aliphatic heterocycles. The van der Waals surface area contributed by atoms with Crippen molar-refractivity contribution >= 4 is 17.7 Å². The number of hydrogen-bond donors (Lipinski definition) is 0. The number of aldehydes is 1. The number of para-hydroxylation sites is 1. The second kappa shape index (κ2) is 5.16. The fraction of sp³-hybridized carbons (Fsp3) is 0.462. The quantitative estimate of drug-likeness (QED) is 0.468. The summed E-state index contributed by atoms with van der Waals surface area (Å²) in [6.45, 7) is 2.43. The van der Waals surface area contributed by atoms with Crippen LogP contribution in [0, 0.1) is 17.0 Å². The molecule has 18 heavy (non-hydrogen) atoms. The topological polar surface area (TPSA) is 63.5 Å². The number of anilines is 1. The Hall–Kier alpha value is -1.91. The van der Waals surface area contributed by atoms with Crippen molar-refractivity contribution in [2.24, 2.45) is 0 Å². The molecule has 0 saturated carbocycles. The number of piperidine rings is 1. The van der Waals surface area contributed by atoms with Gasteiger partial charge < -0.3 is 9.69 Å². The van der Waals surface area contributed by atoms with E-state index in [2.05, 4.69) is 0 Å². The van der Waals surface area contributed by atoms with Gasteiger partial charge in [-0.1, -0.05) is 12.1 Å². The van der Waals surface area contributed by atoms with Crippen LogP contribution in [0.5, 0.6) is 0 Å². The average molecular weight is 248 g/mol. The molecule has 0 aromatic heterocycles. The highest BCUT2D eigenvalue weighted by atomic mass is 16.6. The second-order valence-corrected chi connectivity index (χ2v) is 4.59. The molecule has 0 amide bonds. The molecule has 1 aliphatic rings. The van der Waals surface area contributed by atoms with Crippen molar-refractivity contribution in [3.05, 3.63) is 33.9 Å². The first kappa shape index (κ1) is 12.5. The van der Waals surface area contributed by atoms with E-state index in [-0.39, 0.29) is 16.7 Å². The van der Waals surface area contributed by atoms with Crippen LogP contribution >= 0.6 is 0 Å². The first-order valence-electron chi connectivity index (χ1n) is 6.11. The Morgan fingerprint density at radius 1 is 1.44 bits per heavy atom. The molecule has 0 N–H and O–H groups in total. The SMILES string of the molecule is Cc1cccc(N2CCCCC2C=O)c1[N+](=O)[O-]. The predicted molar refractivity (Wildman–Crippen MR) is 68.9 cm³/mol. The van der Waals surface area contributed by atoms with Crippen molar-refractivity contribution in [1.29, 1.82) is 0 Å². The molecule has 2 rings (SSSR count). The number of hydrogen-bond acceptors (Lipinski definition) is 4. The molecule has 96 valence electrons. The Morgan fingerprint density at radius 2 is 2.22 bits per heavy atom. The molecule has 5 heteroatoms. The van der Waals surface area contributed by atoms with Gasteiger partial charge in [-0.3, -0.25) is 10.1 Å². The molecule has 5 nitrogen and oxygen atoms in total. The van der Waals surface area contributed by atoms with Crippen LogP contribution in [0.2, 0.25) is 0 Å². The highest BCUT2D eigenvalue weighted by Gasteiger charge is 2.28. The van der Waals surface area contributed by atoms with Crippen LogP contribution in [0.15, 0.2) is 18.2 Å². The lowest BCUT2D eigenvalue weighted by molar-refractivity contribution is -0.384. The first-order valence-corrected chi connectivity index (χ1v) is 6.11. The standard InChI is InChI=1S/C13H16N2O3/c1-10-5-4-7-12(13(10)15(17)18)14-8-3-2-6-11(14)9-16/h4-5,7,9,11H,2-3,6,8H2,1H3.